The molecule has 0 spiro atoms. The minimum Gasteiger partial charge on any atom is -0.316 e. The summed E-state index contributed by atoms with van der Waals surface area (Å²) in [6.07, 6.45) is 0.583. The Morgan fingerprint density at radius 1 is 1.24 bits per heavy atom. The molecule has 2 heteroatoms. The van der Waals surface area contributed by atoms with Crippen LogP contribution in [-0.2, 0) is 11.2 Å². The Labute approximate surface area is 103 Å². The molecule has 92 valence electrons. The van der Waals surface area contributed by atoms with Gasteiger partial charge < -0.3 is 5.32 Å². The number of Topliss-reactive ketones (excluding diaryl/α,β-unsaturated/α-hetero) is 1. The maximum Gasteiger partial charge on any atom is 0.141 e. The van der Waals surface area contributed by atoms with E-state index >= 15 is 0 Å². The van der Waals surface area contributed by atoms with Crippen LogP contribution in [0.4, 0.5) is 0 Å². The van der Waals surface area contributed by atoms with Crippen LogP contribution in [0.3, 0.4) is 0 Å². The molecule has 1 aliphatic heterocycles. The number of carbonyl (C=O) groups excluding carboxylic acids is 1. The molecule has 1 saturated heterocycles. The van der Waals surface area contributed by atoms with E-state index in [1.54, 1.807) is 0 Å². The number of hydrogen-bond donors (Lipinski definition) is 1. The van der Waals surface area contributed by atoms with Crippen molar-refractivity contribution in [1.82, 2.24) is 5.32 Å². The van der Waals surface area contributed by atoms with E-state index in [9.17, 15) is 4.79 Å². The minimum absolute atomic E-state index is 0.204. The fourth-order valence-electron chi connectivity index (χ4n) is 2.74. The van der Waals surface area contributed by atoms with Gasteiger partial charge in [-0.15, -0.1) is 0 Å². The molecule has 1 N–H and O–H groups in total. The Balaban J connectivity index is 2.07. The highest BCUT2D eigenvalue weighted by Crippen LogP contribution is 2.19. The summed E-state index contributed by atoms with van der Waals surface area (Å²) in [4.78, 5) is 12.2. The molecule has 2 atom stereocenters. The summed E-state index contributed by atoms with van der Waals surface area (Å²) < 4.78 is 0. The third-order valence-corrected chi connectivity index (χ3v) is 3.59. The first-order valence-electron chi connectivity index (χ1n) is 6.37. The van der Waals surface area contributed by atoms with Gasteiger partial charge >= 0.3 is 0 Å². The van der Waals surface area contributed by atoms with Crippen molar-refractivity contribution < 1.29 is 4.79 Å². The number of carbonyl (C=O) groups is 1. The van der Waals surface area contributed by atoms with Crippen molar-refractivity contribution in [3.8, 4) is 0 Å². The van der Waals surface area contributed by atoms with Crippen LogP contribution in [0.15, 0.2) is 18.2 Å². The summed E-state index contributed by atoms with van der Waals surface area (Å²) in [5, 5.41) is 3.29. The van der Waals surface area contributed by atoms with Crippen molar-refractivity contribution in [3.05, 3.63) is 34.9 Å². The first kappa shape index (κ1) is 12.3. The average molecular weight is 231 g/mol. The second kappa shape index (κ2) is 5.01. The molecule has 0 bridgehead atoms. The van der Waals surface area contributed by atoms with Gasteiger partial charge in [-0.05, 0) is 31.9 Å². The molecular weight excluding hydrogens is 210 g/mol. The highest BCUT2D eigenvalue weighted by molar-refractivity contribution is 5.84. The van der Waals surface area contributed by atoms with Crippen LogP contribution < -0.4 is 5.32 Å². The Morgan fingerprint density at radius 2 is 1.88 bits per heavy atom. The Morgan fingerprint density at radius 3 is 2.41 bits per heavy atom. The lowest BCUT2D eigenvalue weighted by atomic mass is 9.89. The predicted molar refractivity (Wildman–Crippen MR) is 70.2 cm³/mol. The van der Waals surface area contributed by atoms with E-state index < -0.39 is 0 Å². The van der Waals surface area contributed by atoms with Crippen LogP contribution in [0, 0.1) is 25.7 Å². The summed E-state index contributed by atoms with van der Waals surface area (Å²) in [6, 6.07) is 6.39. The SMILES string of the molecule is Cc1cc(C)cc(CC(=O)C2CNCC2C)c1. The zero-order chi connectivity index (χ0) is 12.4. The summed E-state index contributed by atoms with van der Waals surface area (Å²) in [5.41, 5.74) is 3.64. The van der Waals surface area contributed by atoms with Gasteiger partial charge in [-0.2, -0.15) is 0 Å². The third-order valence-electron chi connectivity index (χ3n) is 3.59. The van der Waals surface area contributed by atoms with E-state index in [1.807, 2.05) is 0 Å². The van der Waals surface area contributed by atoms with Crippen molar-refractivity contribution in [1.29, 1.82) is 0 Å². The van der Waals surface area contributed by atoms with E-state index in [2.05, 4.69) is 44.3 Å². The Hall–Kier alpha value is -1.15. The Bertz CT molecular complexity index is 405. The molecule has 0 aliphatic carbocycles. The Kier molecular flexibility index (Phi) is 3.63. The number of hydrogen-bond acceptors (Lipinski definition) is 2. The van der Waals surface area contributed by atoms with Crippen LogP contribution in [0.5, 0.6) is 0 Å². The first-order chi connectivity index (χ1) is 8.06. The number of benzene rings is 1. The van der Waals surface area contributed by atoms with E-state index in [4.69, 9.17) is 0 Å². The zero-order valence-electron chi connectivity index (χ0n) is 10.9. The van der Waals surface area contributed by atoms with Crippen LogP contribution in [0.2, 0.25) is 0 Å². The molecule has 1 heterocycles. The number of ketones is 1. The number of aryl methyl sites for hydroxylation is 2. The molecular formula is C15H21NO. The van der Waals surface area contributed by atoms with Gasteiger partial charge in [0.25, 0.3) is 0 Å². The molecule has 1 aliphatic rings. The fourth-order valence-corrected chi connectivity index (χ4v) is 2.74. The van der Waals surface area contributed by atoms with Gasteiger partial charge in [0.15, 0.2) is 0 Å². The van der Waals surface area contributed by atoms with Gasteiger partial charge in [0.2, 0.25) is 0 Å². The topological polar surface area (TPSA) is 29.1 Å². The van der Waals surface area contributed by atoms with Crippen molar-refractivity contribution in [3.63, 3.8) is 0 Å². The predicted octanol–water partition coefficient (Wildman–Crippen LogP) is 2.27. The second-order valence-corrected chi connectivity index (χ2v) is 5.38. The van der Waals surface area contributed by atoms with Crippen LogP contribution in [-0.4, -0.2) is 18.9 Å². The van der Waals surface area contributed by atoms with Crippen molar-refractivity contribution in [2.24, 2.45) is 11.8 Å². The van der Waals surface area contributed by atoms with Crippen LogP contribution >= 0.6 is 0 Å². The summed E-state index contributed by atoms with van der Waals surface area (Å²) in [7, 11) is 0. The molecule has 1 aromatic carbocycles. The van der Waals surface area contributed by atoms with E-state index in [0.29, 0.717) is 18.1 Å². The van der Waals surface area contributed by atoms with Crippen molar-refractivity contribution in [2.45, 2.75) is 27.2 Å². The van der Waals surface area contributed by atoms with E-state index in [0.717, 1.165) is 18.7 Å². The van der Waals surface area contributed by atoms with Crippen LogP contribution in [0.25, 0.3) is 0 Å². The highest BCUT2D eigenvalue weighted by atomic mass is 16.1. The highest BCUT2D eigenvalue weighted by Gasteiger charge is 2.29. The normalized spacial score (nSPS) is 23.9. The van der Waals surface area contributed by atoms with Gasteiger partial charge in [-0.1, -0.05) is 36.2 Å². The minimum atomic E-state index is 0.204. The molecule has 1 aromatic rings. The standard InChI is InChI=1S/C15H21NO/c1-10-4-11(2)6-13(5-10)7-15(17)14-9-16-8-12(14)3/h4-6,12,14,16H,7-9H2,1-3H3. The lowest BCUT2D eigenvalue weighted by Gasteiger charge is -2.13. The lowest BCUT2D eigenvalue weighted by Crippen LogP contribution is -2.23. The maximum absolute atomic E-state index is 12.2. The average Bonchev–Trinajstić information content (AvgIpc) is 2.62. The first-order valence-corrected chi connectivity index (χ1v) is 6.37. The van der Waals surface area contributed by atoms with Gasteiger partial charge in [-0.3, -0.25) is 4.79 Å². The van der Waals surface area contributed by atoms with Gasteiger partial charge in [0.1, 0.15) is 5.78 Å². The summed E-state index contributed by atoms with van der Waals surface area (Å²) in [5.74, 6) is 1.07. The summed E-state index contributed by atoms with van der Waals surface area (Å²) in [6.45, 7) is 8.15. The molecule has 1 fully saturated rings. The van der Waals surface area contributed by atoms with Gasteiger partial charge in [-0.25, -0.2) is 0 Å². The molecule has 2 rings (SSSR count). The molecule has 2 unspecified atom stereocenters. The van der Waals surface area contributed by atoms with Gasteiger partial charge in [0.05, 0.1) is 0 Å². The monoisotopic (exact) mass is 231 g/mol. The summed E-state index contributed by atoms with van der Waals surface area (Å²) >= 11 is 0. The van der Waals surface area contributed by atoms with Crippen LogP contribution in [0.1, 0.15) is 23.6 Å². The smallest absolute Gasteiger partial charge is 0.141 e. The lowest BCUT2D eigenvalue weighted by molar-refractivity contribution is -0.122. The largest absolute Gasteiger partial charge is 0.316 e. The van der Waals surface area contributed by atoms with E-state index in [1.165, 1.54) is 11.1 Å². The molecule has 0 amide bonds. The molecule has 0 saturated carbocycles. The molecule has 2 nitrogen and oxygen atoms in total. The van der Waals surface area contributed by atoms with Gasteiger partial charge in [0, 0.05) is 18.9 Å². The zero-order valence-corrected chi connectivity index (χ0v) is 10.9. The fraction of sp³-hybridized carbons (Fsp3) is 0.533. The third kappa shape index (κ3) is 2.95. The molecule has 17 heavy (non-hydrogen) atoms. The molecule has 0 radical (unpaired) electrons. The van der Waals surface area contributed by atoms with Crippen molar-refractivity contribution in [2.75, 3.05) is 13.1 Å². The van der Waals surface area contributed by atoms with Crippen molar-refractivity contribution >= 4 is 5.78 Å². The number of rotatable bonds is 3. The number of nitrogens with one attached hydrogen (secondary N) is 1. The van der Waals surface area contributed by atoms with E-state index in [-0.39, 0.29) is 5.92 Å². The second-order valence-electron chi connectivity index (χ2n) is 5.38. The molecule has 0 aromatic heterocycles. The maximum atomic E-state index is 12.2. The quantitative estimate of drug-likeness (QED) is 0.864.